The van der Waals surface area contributed by atoms with Crippen LogP contribution in [0.3, 0.4) is 0 Å². The van der Waals surface area contributed by atoms with E-state index in [2.05, 4.69) is 16.8 Å². The summed E-state index contributed by atoms with van der Waals surface area (Å²) in [7, 11) is 0. The first kappa shape index (κ1) is 6.63. The Morgan fingerprint density at radius 1 is 1.86 bits per heavy atom. The Bertz CT molecular complexity index is 87.7. The van der Waals surface area contributed by atoms with Crippen LogP contribution in [-0.4, -0.2) is 6.54 Å². The molecule has 0 fully saturated rings. The first-order chi connectivity index (χ1) is 3.27. The Hall–Kier alpha value is -0.370. The molecule has 0 aliphatic rings. The molecule has 0 aromatic heterocycles. The molecule has 0 N–H and O–H groups in total. The average molecular weight is 119 g/mol. The molecule has 0 atom stereocenters. The molecular weight excluding hydrogens is 112 g/mol. The maximum absolute atomic E-state index is 5.20. The predicted molar refractivity (Wildman–Crippen MR) is 30.4 cm³/mol. The second-order valence-corrected chi connectivity index (χ2v) is 1.37. The van der Waals surface area contributed by atoms with Crippen LogP contribution in [-0.2, 0) is 0 Å². The van der Waals surface area contributed by atoms with E-state index < -0.39 is 0 Å². The van der Waals surface area contributed by atoms with Gasteiger partial charge in [0, 0.05) is 0 Å². The fraction of sp³-hybridized carbons (Fsp3) is 0.500. The number of rotatable bonds is 2. The Morgan fingerprint density at radius 2 is 2.43 bits per heavy atom. The van der Waals surface area contributed by atoms with Crippen molar-refractivity contribution in [2.75, 3.05) is 6.54 Å². The van der Waals surface area contributed by atoms with Crippen molar-refractivity contribution in [2.24, 2.45) is 10.2 Å². The average Bonchev–Trinajstić information content (AvgIpc) is 1.61. The molecule has 0 saturated carbocycles. The van der Waals surface area contributed by atoms with Gasteiger partial charge in [-0.1, -0.05) is 18.2 Å². The van der Waals surface area contributed by atoms with Crippen LogP contribution in [0.5, 0.6) is 0 Å². The SMILES string of the molecule is C=C(Cl)/N=N\CC. The van der Waals surface area contributed by atoms with Crippen LogP contribution in [0, 0.1) is 0 Å². The summed E-state index contributed by atoms with van der Waals surface area (Å²) in [6.07, 6.45) is 0. The largest absolute Gasteiger partial charge is 0.188 e. The molecule has 0 radical (unpaired) electrons. The third-order valence-corrected chi connectivity index (χ3v) is 0.396. The molecule has 0 bridgehead atoms. The second kappa shape index (κ2) is 3.81. The third kappa shape index (κ3) is 5.63. The molecule has 0 aliphatic heterocycles. The molecule has 3 heteroatoms. The van der Waals surface area contributed by atoms with E-state index in [1.807, 2.05) is 6.92 Å². The van der Waals surface area contributed by atoms with Gasteiger partial charge in [0.2, 0.25) is 0 Å². The van der Waals surface area contributed by atoms with E-state index in [0.717, 1.165) is 0 Å². The molecule has 0 heterocycles. The summed E-state index contributed by atoms with van der Waals surface area (Å²) in [5.41, 5.74) is 0. The highest BCUT2D eigenvalue weighted by Crippen LogP contribution is 1.96. The van der Waals surface area contributed by atoms with E-state index in [9.17, 15) is 0 Å². The Kier molecular flexibility index (Phi) is 3.61. The van der Waals surface area contributed by atoms with Gasteiger partial charge < -0.3 is 0 Å². The van der Waals surface area contributed by atoms with E-state index in [1.54, 1.807) is 0 Å². The molecule has 0 rings (SSSR count). The zero-order chi connectivity index (χ0) is 5.70. The van der Waals surface area contributed by atoms with Crippen molar-refractivity contribution in [1.29, 1.82) is 0 Å². The molecule has 2 nitrogen and oxygen atoms in total. The van der Waals surface area contributed by atoms with Crippen LogP contribution in [0.1, 0.15) is 6.92 Å². The van der Waals surface area contributed by atoms with Gasteiger partial charge in [-0.25, -0.2) is 0 Å². The van der Waals surface area contributed by atoms with Crippen LogP contribution in [0.4, 0.5) is 0 Å². The lowest BCUT2D eigenvalue weighted by Crippen LogP contribution is -1.61. The molecule has 0 aliphatic carbocycles. The Morgan fingerprint density at radius 3 is 2.57 bits per heavy atom. The Balaban J connectivity index is 3.26. The summed E-state index contributed by atoms with van der Waals surface area (Å²) >= 11 is 5.20. The summed E-state index contributed by atoms with van der Waals surface area (Å²) < 4.78 is 0. The summed E-state index contributed by atoms with van der Waals surface area (Å²) in [6.45, 7) is 5.83. The number of azo groups is 1. The smallest absolute Gasteiger partial charge is 0.144 e. The van der Waals surface area contributed by atoms with Crippen molar-refractivity contribution in [3.63, 3.8) is 0 Å². The maximum atomic E-state index is 5.20. The molecule has 0 saturated heterocycles. The highest BCUT2D eigenvalue weighted by Gasteiger charge is 1.72. The minimum absolute atomic E-state index is 0.238. The van der Waals surface area contributed by atoms with Crippen LogP contribution in [0.15, 0.2) is 22.0 Å². The lowest BCUT2D eigenvalue weighted by Gasteiger charge is -1.76. The van der Waals surface area contributed by atoms with E-state index >= 15 is 0 Å². The van der Waals surface area contributed by atoms with Crippen LogP contribution in [0.25, 0.3) is 0 Å². The van der Waals surface area contributed by atoms with Gasteiger partial charge in [0.1, 0.15) is 5.16 Å². The van der Waals surface area contributed by atoms with Crippen LogP contribution < -0.4 is 0 Å². The molecule has 0 spiro atoms. The lowest BCUT2D eigenvalue weighted by molar-refractivity contribution is 0.995. The standard InChI is InChI=1S/C4H7ClN2/c1-3-6-7-4(2)5/h2-3H2,1H3/b7-6-. The quantitative estimate of drug-likeness (QED) is 0.392. The highest BCUT2D eigenvalue weighted by molar-refractivity contribution is 6.28. The zero-order valence-electron chi connectivity index (χ0n) is 4.19. The van der Waals surface area contributed by atoms with Crippen molar-refractivity contribution in [1.82, 2.24) is 0 Å². The molecule has 40 valence electrons. The molecule has 0 aromatic carbocycles. The van der Waals surface area contributed by atoms with Gasteiger partial charge in [-0.3, -0.25) is 0 Å². The van der Waals surface area contributed by atoms with Gasteiger partial charge in [0.25, 0.3) is 0 Å². The van der Waals surface area contributed by atoms with E-state index in [-0.39, 0.29) is 5.16 Å². The number of hydrogen-bond acceptors (Lipinski definition) is 2. The van der Waals surface area contributed by atoms with Gasteiger partial charge in [0.15, 0.2) is 0 Å². The van der Waals surface area contributed by atoms with E-state index in [4.69, 9.17) is 11.6 Å². The van der Waals surface area contributed by atoms with Crippen molar-refractivity contribution < 1.29 is 0 Å². The van der Waals surface area contributed by atoms with Crippen molar-refractivity contribution in [2.45, 2.75) is 6.92 Å². The number of nitrogens with zero attached hydrogens (tertiary/aromatic N) is 2. The van der Waals surface area contributed by atoms with Gasteiger partial charge in [0.05, 0.1) is 6.54 Å². The summed E-state index contributed by atoms with van der Waals surface area (Å²) in [6, 6.07) is 0. The van der Waals surface area contributed by atoms with E-state index in [1.165, 1.54) is 0 Å². The molecule has 7 heavy (non-hydrogen) atoms. The van der Waals surface area contributed by atoms with Gasteiger partial charge in [-0.15, -0.1) is 5.11 Å². The number of halogens is 1. The van der Waals surface area contributed by atoms with Crippen LogP contribution >= 0.6 is 11.6 Å². The fourth-order valence-corrected chi connectivity index (χ4v) is 0.201. The van der Waals surface area contributed by atoms with Crippen molar-refractivity contribution >= 4 is 11.6 Å². The molecular formula is C4H7ClN2. The first-order valence-electron chi connectivity index (χ1n) is 1.99. The van der Waals surface area contributed by atoms with Crippen molar-refractivity contribution in [3.05, 3.63) is 11.7 Å². The monoisotopic (exact) mass is 118 g/mol. The topological polar surface area (TPSA) is 24.7 Å². The third-order valence-electron chi connectivity index (χ3n) is 0.321. The predicted octanol–water partition coefficient (Wildman–Crippen LogP) is 2.17. The molecule has 0 unspecified atom stereocenters. The summed E-state index contributed by atoms with van der Waals surface area (Å²) in [4.78, 5) is 0. The first-order valence-corrected chi connectivity index (χ1v) is 2.37. The summed E-state index contributed by atoms with van der Waals surface area (Å²) in [5.74, 6) is 0. The van der Waals surface area contributed by atoms with Crippen molar-refractivity contribution in [3.8, 4) is 0 Å². The molecule has 0 amide bonds. The van der Waals surface area contributed by atoms with Gasteiger partial charge >= 0.3 is 0 Å². The minimum Gasteiger partial charge on any atom is -0.188 e. The van der Waals surface area contributed by atoms with E-state index in [0.29, 0.717) is 6.54 Å². The lowest BCUT2D eigenvalue weighted by atomic mass is 10.8. The minimum atomic E-state index is 0.238. The van der Waals surface area contributed by atoms with Gasteiger partial charge in [-0.05, 0) is 6.92 Å². The van der Waals surface area contributed by atoms with Gasteiger partial charge in [-0.2, -0.15) is 5.11 Å². The van der Waals surface area contributed by atoms with Crippen LogP contribution in [0.2, 0.25) is 0 Å². The number of hydrogen-bond donors (Lipinski definition) is 0. The fourth-order valence-electron chi connectivity index (χ4n) is 0.147. The normalized spacial score (nSPS) is 10.0. The summed E-state index contributed by atoms with van der Waals surface area (Å²) in [5, 5.41) is 7.24. The maximum Gasteiger partial charge on any atom is 0.144 e. The Labute approximate surface area is 47.9 Å². The molecule has 0 aromatic rings. The zero-order valence-corrected chi connectivity index (χ0v) is 4.94. The highest BCUT2D eigenvalue weighted by atomic mass is 35.5. The second-order valence-electron chi connectivity index (χ2n) is 0.934.